The number of ether oxygens (including phenoxy) is 3. The van der Waals surface area contributed by atoms with E-state index in [-0.39, 0.29) is 24.5 Å². The van der Waals surface area contributed by atoms with Crippen molar-refractivity contribution in [1.82, 2.24) is 0 Å². The maximum absolute atomic E-state index is 11.6. The summed E-state index contributed by atoms with van der Waals surface area (Å²) >= 11 is 0. The summed E-state index contributed by atoms with van der Waals surface area (Å²) in [6, 6.07) is 0. The molecule has 5 nitrogen and oxygen atoms in total. The van der Waals surface area contributed by atoms with Crippen LogP contribution in [0.25, 0.3) is 0 Å². The first kappa shape index (κ1) is 13.1. The van der Waals surface area contributed by atoms with Gasteiger partial charge in [-0.25, -0.2) is 0 Å². The van der Waals surface area contributed by atoms with Crippen LogP contribution in [0.5, 0.6) is 0 Å². The summed E-state index contributed by atoms with van der Waals surface area (Å²) in [5.74, 6) is -1.01. The van der Waals surface area contributed by atoms with Gasteiger partial charge in [-0.1, -0.05) is 12.2 Å². The zero-order valence-corrected chi connectivity index (χ0v) is 10.8. The van der Waals surface area contributed by atoms with Gasteiger partial charge >= 0.3 is 11.9 Å². The SMILES string of the molecule is COC(=O)CC(=O)OC(C)(C)C1CC2C=CC1O2. The highest BCUT2D eigenvalue weighted by atomic mass is 16.6. The van der Waals surface area contributed by atoms with E-state index in [0.717, 1.165) is 6.42 Å². The van der Waals surface area contributed by atoms with Crippen LogP contribution in [0.3, 0.4) is 0 Å². The maximum atomic E-state index is 11.6. The lowest BCUT2D eigenvalue weighted by molar-refractivity contribution is -0.167. The van der Waals surface area contributed by atoms with Crippen LogP contribution in [0.4, 0.5) is 0 Å². The average Bonchev–Trinajstić information content (AvgIpc) is 2.89. The number of fused-ring (bicyclic) bond motifs is 2. The minimum Gasteiger partial charge on any atom is -0.469 e. The van der Waals surface area contributed by atoms with Gasteiger partial charge in [-0.3, -0.25) is 9.59 Å². The van der Waals surface area contributed by atoms with Crippen LogP contribution >= 0.6 is 0 Å². The lowest BCUT2D eigenvalue weighted by atomic mass is 9.81. The third-order valence-corrected chi connectivity index (χ3v) is 3.52. The molecule has 0 saturated carbocycles. The number of carbonyl (C=O) groups is 2. The lowest BCUT2D eigenvalue weighted by Gasteiger charge is -2.33. The van der Waals surface area contributed by atoms with Gasteiger partial charge in [-0.2, -0.15) is 0 Å². The maximum Gasteiger partial charge on any atom is 0.317 e. The second-order valence-electron chi connectivity index (χ2n) is 5.20. The largest absolute Gasteiger partial charge is 0.469 e. The van der Waals surface area contributed by atoms with E-state index in [1.165, 1.54) is 7.11 Å². The van der Waals surface area contributed by atoms with E-state index in [1.807, 2.05) is 26.0 Å². The van der Waals surface area contributed by atoms with Crippen LogP contribution < -0.4 is 0 Å². The lowest BCUT2D eigenvalue weighted by Crippen LogP contribution is -2.41. The molecule has 1 fully saturated rings. The molecule has 18 heavy (non-hydrogen) atoms. The van der Waals surface area contributed by atoms with Crippen molar-refractivity contribution >= 4 is 11.9 Å². The molecule has 0 spiro atoms. The van der Waals surface area contributed by atoms with E-state index in [9.17, 15) is 9.59 Å². The molecule has 0 radical (unpaired) electrons. The molecule has 2 heterocycles. The topological polar surface area (TPSA) is 61.8 Å². The Morgan fingerprint density at radius 2 is 2.06 bits per heavy atom. The van der Waals surface area contributed by atoms with Gasteiger partial charge in [-0.15, -0.1) is 0 Å². The summed E-state index contributed by atoms with van der Waals surface area (Å²) in [4.78, 5) is 22.6. The molecule has 0 amide bonds. The zero-order chi connectivity index (χ0) is 13.3. The summed E-state index contributed by atoms with van der Waals surface area (Å²) in [5.41, 5.74) is -0.644. The van der Waals surface area contributed by atoms with Crippen molar-refractivity contribution in [2.75, 3.05) is 7.11 Å². The molecule has 5 heteroatoms. The van der Waals surface area contributed by atoms with Gasteiger partial charge in [-0.05, 0) is 20.3 Å². The normalized spacial score (nSPS) is 29.4. The fraction of sp³-hybridized carbons (Fsp3) is 0.692. The van der Waals surface area contributed by atoms with E-state index < -0.39 is 17.5 Å². The van der Waals surface area contributed by atoms with Gasteiger partial charge < -0.3 is 14.2 Å². The van der Waals surface area contributed by atoms with Crippen LogP contribution in [-0.4, -0.2) is 36.9 Å². The predicted octanol–water partition coefficient (Wildman–Crippen LogP) is 1.21. The molecule has 3 atom stereocenters. The van der Waals surface area contributed by atoms with Crippen LogP contribution in [-0.2, 0) is 23.8 Å². The molecular formula is C13H18O5. The minimum atomic E-state index is -0.644. The molecule has 0 aromatic rings. The highest BCUT2D eigenvalue weighted by Gasteiger charge is 2.47. The molecule has 2 bridgehead atoms. The predicted molar refractivity (Wildman–Crippen MR) is 62.7 cm³/mol. The second-order valence-corrected chi connectivity index (χ2v) is 5.20. The summed E-state index contributed by atoms with van der Waals surface area (Å²) in [7, 11) is 1.25. The van der Waals surface area contributed by atoms with Gasteiger partial charge in [0, 0.05) is 5.92 Å². The molecule has 0 N–H and O–H groups in total. The highest BCUT2D eigenvalue weighted by Crippen LogP contribution is 2.41. The number of carbonyl (C=O) groups excluding carboxylic acids is 2. The molecule has 2 aliphatic rings. The van der Waals surface area contributed by atoms with Crippen molar-refractivity contribution < 1.29 is 23.8 Å². The van der Waals surface area contributed by atoms with Crippen LogP contribution in [0, 0.1) is 5.92 Å². The van der Waals surface area contributed by atoms with Crippen molar-refractivity contribution in [3.63, 3.8) is 0 Å². The van der Waals surface area contributed by atoms with Gasteiger partial charge in [0.15, 0.2) is 0 Å². The van der Waals surface area contributed by atoms with E-state index in [1.54, 1.807) is 0 Å². The molecule has 0 aliphatic carbocycles. The van der Waals surface area contributed by atoms with Crippen LogP contribution in [0.1, 0.15) is 26.7 Å². The Balaban J connectivity index is 1.93. The Morgan fingerprint density at radius 3 is 2.56 bits per heavy atom. The fourth-order valence-corrected chi connectivity index (χ4v) is 2.55. The van der Waals surface area contributed by atoms with Crippen molar-refractivity contribution in [2.45, 2.75) is 44.5 Å². The zero-order valence-electron chi connectivity index (χ0n) is 10.8. The summed E-state index contributed by atoms with van der Waals surface area (Å²) < 4.78 is 15.5. The van der Waals surface area contributed by atoms with Gasteiger partial charge in [0.25, 0.3) is 0 Å². The number of rotatable bonds is 4. The highest BCUT2D eigenvalue weighted by molar-refractivity contribution is 5.91. The molecule has 100 valence electrons. The van der Waals surface area contributed by atoms with Crippen molar-refractivity contribution in [2.24, 2.45) is 5.92 Å². The number of hydrogen-bond acceptors (Lipinski definition) is 5. The minimum absolute atomic E-state index is 0.0101. The molecular weight excluding hydrogens is 236 g/mol. The molecule has 0 aromatic heterocycles. The summed E-state index contributed by atoms with van der Waals surface area (Å²) in [5, 5.41) is 0. The van der Waals surface area contributed by atoms with Gasteiger partial charge in [0.1, 0.15) is 12.0 Å². The van der Waals surface area contributed by atoms with Gasteiger partial charge in [0.2, 0.25) is 0 Å². The number of esters is 2. The monoisotopic (exact) mass is 254 g/mol. The molecule has 2 rings (SSSR count). The van der Waals surface area contributed by atoms with E-state index in [4.69, 9.17) is 9.47 Å². The summed E-state index contributed by atoms with van der Waals surface area (Å²) in [6.45, 7) is 3.70. The fourth-order valence-electron chi connectivity index (χ4n) is 2.55. The average molecular weight is 254 g/mol. The molecule has 1 saturated heterocycles. The Kier molecular flexibility index (Phi) is 3.43. The first-order valence-electron chi connectivity index (χ1n) is 6.05. The smallest absolute Gasteiger partial charge is 0.317 e. The van der Waals surface area contributed by atoms with Crippen molar-refractivity contribution in [1.29, 1.82) is 0 Å². The second kappa shape index (κ2) is 4.72. The Labute approximate surface area is 106 Å². The standard InChI is InChI=1S/C13H18O5/c1-13(2,18-12(15)7-11(14)16-3)9-6-8-4-5-10(9)17-8/h4-5,8-10H,6-7H2,1-3H3. The van der Waals surface area contributed by atoms with Crippen LogP contribution in [0.2, 0.25) is 0 Å². The first-order chi connectivity index (χ1) is 8.42. The Bertz CT molecular complexity index is 385. The Morgan fingerprint density at radius 1 is 1.33 bits per heavy atom. The molecule has 0 aromatic carbocycles. The molecule has 3 unspecified atom stereocenters. The van der Waals surface area contributed by atoms with E-state index in [0.29, 0.717) is 0 Å². The summed E-state index contributed by atoms with van der Waals surface area (Å²) in [6.07, 6.45) is 4.69. The van der Waals surface area contributed by atoms with Gasteiger partial charge in [0.05, 0.1) is 19.3 Å². The Hall–Kier alpha value is -1.36. The molecule has 2 aliphatic heterocycles. The first-order valence-corrected chi connectivity index (χ1v) is 6.05. The third-order valence-electron chi connectivity index (χ3n) is 3.52. The van der Waals surface area contributed by atoms with Crippen LogP contribution in [0.15, 0.2) is 12.2 Å². The number of methoxy groups -OCH3 is 1. The van der Waals surface area contributed by atoms with E-state index in [2.05, 4.69) is 4.74 Å². The van der Waals surface area contributed by atoms with Crippen molar-refractivity contribution in [3.8, 4) is 0 Å². The third kappa shape index (κ3) is 2.56. The number of hydrogen-bond donors (Lipinski definition) is 0. The quantitative estimate of drug-likeness (QED) is 0.429. The van der Waals surface area contributed by atoms with E-state index >= 15 is 0 Å². The van der Waals surface area contributed by atoms with Crippen molar-refractivity contribution in [3.05, 3.63) is 12.2 Å².